The minimum Gasteiger partial charge on any atom is -0.399 e. The number of halogens is 3. The zero-order chi connectivity index (χ0) is 16.9. The highest BCUT2D eigenvalue weighted by atomic mass is 19.2. The Kier molecular flexibility index (Phi) is 3.24. The van der Waals surface area contributed by atoms with Gasteiger partial charge in [0.1, 0.15) is 0 Å². The van der Waals surface area contributed by atoms with E-state index in [9.17, 15) is 22.8 Å². The number of nitrogens with two attached hydrogens (primary N) is 1. The Balaban J connectivity index is 2.31. The minimum absolute atomic E-state index is 0.145. The summed E-state index contributed by atoms with van der Waals surface area (Å²) in [5.41, 5.74) is 4.97. The van der Waals surface area contributed by atoms with Gasteiger partial charge in [-0.15, -0.1) is 0 Å². The predicted octanol–water partition coefficient (Wildman–Crippen LogP) is 2.03. The van der Waals surface area contributed by atoms with Gasteiger partial charge in [-0.05, 0) is 30.3 Å². The first-order chi connectivity index (χ1) is 10.8. The maximum atomic E-state index is 13.8. The van der Waals surface area contributed by atoms with Crippen molar-refractivity contribution in [2.45, 2.75) is 0 Å². The lowest BCUT2D eigenvalue weighted by Gasteiger charge is -2.05. The second kappa shape index (κ2) is 5.01. The first kappa shape index (κ1) is 14.9. The molecular weight excluding hydrogens is 311 g/mol. The topological polar surface area (TPSA) is 70.0 Å². The van der Waals surface area contributed by atoms with Crippen molar-refractivity contribution in [1.82, 2.24) is 9.13 Å². The van der Waals surface area contributed by atoms with E-state index in [2.05, 4.69) is 0 Å². The summed E-state index contributed by atoms with van der Waals surface area (Å²) in [6.07, 6.45) is 0. The smallest absolute Gasteiger partial charge is 0.335 e. The average molecular weight is 321 g/mol. The van der Waals surface area contributed by atoms with E-state index in [0.717, 1.165) is 6.07 Å². The highest BCUT2D eigenvalue weighted by molar-refractivity contribution is 6.01. The van der Waals surface area contributed by atoms with Gasteiger partial charge in [0.2, 0.25) is 0 Å². The van der Waals surface area contributed by atoms with Gasteiger partial charge in [-0.2, -0.15) is 0 Å². The number of hydrogen-bond donors (Lipinski definition) is 1. The number of carbonyl (C=O) groups is 1. The normalized spacial score (nSPS) is 11.1. The number of fused-ring (bicyclic) bond motifs is 1. The molecule has 0 aliphatic heterocycles. The van der Waals surface area contributed by atoms with Crippen molar-refractivity contribution in [2.24, 2.45) is 7.05 Å². The molecule has 0 aliphatic carbocycles. The Morgan fingerprint density at radius 1 is 1.04 bits per heavy atom. The molecule has 0 bridgehead atoms. The summed E-state index contributed by atoms with van der Waals surface area (Å²) in [4.78, 5) is 24.7. The van der Waals surface area contributed by atoms with Gasteiger partial charge in [-0.3, -0.25) is 9.36 Å². The lowest BCUT2D eigenvalue weighted by atomic mass is 10.1. The van der Waals surface area contributed by atoms with E-state index in [1.54, 1.807) is 0 Å². The fourth-order valence-electron chi connectivity index (χ4n) is 2.37. The van der Waals surface area contributed by atoms with E-state index >= 15 is 0 Å². The quantitative estimate of drug-likeness (QED) is 0.551. The summed E-state index contributed by atoms with van der Waals surface area (Å²) in [7, 11) is 1.42. The number of nitrogen functional groups attached to an aromatic ring is 1. The van der Waals surface area contributed by atoms with Gasteiger partial charge < -0.3 is 5.73 Å². The van der Waals surface area contributed by atoms with E-state index in [0.29, 0.717) is 16.2 Å². The van der Waals surface area contributed by atoms with Gasteiger partial charge in [-0.25, -0.2) is 22.5 Å². The molecule has 0 spiro atoms. The summed E-state index contributed by atoms with van der Waals surface area (Å²) >= 11 is 0. The molecule has 8 heteroatoms. The molecule has 0 saturated carbocycles. The van der Waals surface area contributed by atoms with E-state index in [4.69, 9.17) is 5.73 Å². The number of anilines is 1. The summed E-state index contributed by atoms with van der Waals surface area (Å²) < 4.78 is 42.0. The van der Waals surface area contributed by atoms with Gasteiger partial charge in [0.15, 0.2) is 17.5 Å². The highest BCUT2D eigenvalue weighted by Crippen LogP contribution is 2.20. The molecule has 0 unspecified atom stereocenters. The van der Waals surface area contributed by atoms with E-state index < -0.39 is 34.6 Å². The van der Waals surface area contributed by atoms with Crippen molar-refractivity contribution in [3.8, 4) is 0 Å². The van der Waals surface area contributed by atoms with Crippen molar-refractivity contribution < 1.29 is 18.0 Å². The lowest BCUT2D eigenvalue weighted by molar-refractivity contribution is 0.0955. The number of rotatable bonds is 1. The summed E-state index contributed by atoms with van der Waals surface area (Å²) in [5, 5.41) is 0. The number of imidazole rings is 1. The molecule has 3 aromatic rings. The molecule has 2 N–H and O–H groups in total. The maximum absolute atomic E-state index is 13.8. The van der Waals surface area contributed by atoms with E-state index in [1.165, 1.54) is 29.8 Å². The zero-order valence-corrected chi connectivity index (χ0v) is 11.8. The molecule has 1 heterocycles. The first-order valence-corrected chi connectivity index (χ1v) is 6.48. The molecular formula is C15H10F3N3O2. The highest BCUT2D eigenvalue weighted by Gasteiger charge is 2.24. The number of nitrogens with zero attached hydrogens (tertiary/aromatic N) is 2. The fraction of sp³-hybridized carbons (Fsp3) is 0.0667. The number of aryl methyl sites for hydroxylation is 1. The van der Waals surface area contributed by atoms with Crippen LogP contribution in [0.3, 0.4) is 0 Å². The molecule has 1 aromatic heterocycles. The molecule has 0 amide bonds. The molecule has 118 valence electrons. The summed E-state index contributed by atoms with van der Waals surface area (Å²) in [6, 6.07) is 5.84. The summed E-state index contributed by atoms with van der Waals surface area (Å²) in [5.74, 6) is -5.96. The molecule has 0 aliphatic rings. The molecule has 0 atom stereocenters. The van der Waals surface area contributed by atoms with Gasteiger partial charge in [0, 0.05) is 12.7 Å². The lowest BCUT2D eigenvalue weighted by Crippen LogP contribution is -2.29. The third kappa shape index (κ3) is 2.10. The number of aromatic nitrogens is 2. The number of benzene rings is 2. The van der Waals surface area contributed by atoms with Crippen molar-refractivity contribution >= 4 is 22.6 Å². The Morgan fingerprint density at radius 2 is 1.74 bits per heavy atom. The standard InChI is InChI=1S/C15H10F3N3O2/c1-20-10-5-2-7(19)6-11(10)21(15(20)23)14(22)8-3-4-9(16)13(18)12(8)17/h2-6H,19H2,1H3. The number of carbonyl (C=O) groups excluding carboxylic acids is 1. The van der Waals surface area contributed by atoms with Crippen LogP contribution in [0.15, 0.2) is 35.1 Å². The van der Waals surface area contributed by atoms with Crippen molar-refractivity contribution in [3.05, 3.63) is 63.8 Å². The van der Waals surface area contributed by atoms with Crippen molar-refractivity contribution in [3.63, 3.8) is 0 Å². The Labute approximate surface area is 127 Å². The van der Waals surface area contributed by atoms with Crippen LogP contribution in [0.4, 0.5) is 18.9 Å². The molecule has 0 saturated heterocycles. The van der Waals surface area contributed by atoms with Crippen molar-refractivity contribution in [1.29, 1.82) is 0 Å². The molecule has 23 heavy (non-hydrogen) atoms. The van der Waals surface area contributed by atoms with Gasteiger partial charge >= 0.3 is 5.69 Å². The Hall–Kier alpha value is -3.03. The third-order valence-corrected chi connectivity index (χ3v) is 3.55. The van der Waals surface area contributed by atoms with Crippen LogP contribution in [0, 0.1) is 17.5 Å². The van der Waals surface area contributed by atoms with Crippen LogP contribution in [-0.2, 0) is 7.05 Å². The molecule has 2 aromatic carbocycles. The predicted molar refractivity (Wildman–Crippen MR) is 77.6 cm³/mol. The van der Waals surface area contributed by atoms with Gasteiger partial charge in [-0.1, -0.05) is 0 Å². The molecule has 3 rings (SSSR count). The van der Waals surface area contributed by atoms with E-state index in [1.807, 2.05) is 0 Å². The molecule has 5 nitrogen and oxygen atoms in total. The Bertz CT molecular complexity index is 1020. The van der Waals surface area contributed by atoms with Gasteiger partial charge in [0.05, 0.1) is 16.6 Å². The van der Waals surface area contributed by atoms with Crippen LogP contribution >= 0.6 is 0 Å². The van der Waals surface area contributed by atoms with Crippen LogP contribution in [0.25, 0.3) is 11.0 Å². The largest absolute Gasteiger partial charge is 0.399 e. The fourth-order valence-corrected chi connectivity index (χ4v) is 2.37. The molecule has 0 radical (unpaired) electrons. The van der Waals surface area contributed by atoms with Crippen LogP contribution in [0.2, 0.25) is 0 Å². The monoisotopic (exact) mass is 321 g/mol. The van der Waals surface area contributed by atoms with Crippen LogP contribution in [0.5, 0.6) is 0 Å². The van der Waals surface area contributed by atoms with E-state index in [-0.39, 0.29) is 11.2 Å². The summed E-state index contributed by atoms with van der Waals surface area (Å²) in [6.45, 7) is 0. The SMILES string of the molecule is Cn1c(=O)n(C(=O)c2ccc(F)c(F)c2F)c2cc(N)ccc21. The Morgan fingerprint density at radius 3 is 2.43 bits per heavy atom. The first-order valence-electron chi connectivity index (χ1n) is 6.48. The van der Waals surface area contributed by atoms with Crippen LogP contribution in [0.1, 0.15) is 10.4 Å². The minimum atomic E-state index is -1.77. The van der Waals surface area contributed by atoms with Gasteiger partial charge in [0.25, 0.3) is 5.91 Å². The average Bonchev–Trinajstić information content (AvgIpc) is 2.75. The third-order valence-electron chi connectivity index (χ3n) is 3.55. The zero-order valence-electron chi connectivity index (χ0n) is 11.8. The van der Waals surface area contributed by atoms with Crippen LogP contribution < -0.4 is 11.4 Å². The number of hydrogen-bond acceptors (Lipinski definition) is 3. The van der Waals surface area contributed by atoms with Crippen molar-refractivity contribution in [2.75, 3.05) is 5.73 Å². The van der Waals surface area contributed by atoms with Crippen LogP contribution in [-0.4, -0.2) is 15.0 Å². The second-order valence-electron chi connectivity index (χ2n) is 4.95. The maximum Gasteiger partial charge on any atom is 0.335 e. The molecule has 0 fully saturated rings. The second-order valence-corrected chi connectivity index (χ2v) is 4.95.